The Balaban J connectivity index is 1.46. The third-order valence-electron chi connectivity index (χ3n) is 4.35. The summed E-state index contributed by atoms with van der Waals surface area (Å²) in [6, 6.07) is 10.3. The van der Waals surface area contributed by atoms with Gasteiger partial charge in [0.1, 0.15) is 15.5 Å². The molecule has 0 spiro atoms. The van der Waals surface area contributed by atoms with Gasteiger partial charge < -0.3 is 10.1 Å². The van der Waals surface area contributed by atoms with Gasteiger partial charge in [0, 0.05) is 17.1 Å². The van der Waals surface area contributed by atoms with Gasteiger partial charge in [-0.05, 0) is 49.4 Å². The minimum Gasteiger partial charge on any atom is -0.451 e. The minimum absolute atomic E-state index is 0.0387. The highest BCUT2D eigenvalue weighted by molar-refractivity contribution is 7.20. The first-order valence-corrected chi connectivity index (χ1v) is 9.80. The summed E-state index contributed by atoms with van der Waals surface area (Å²) in [6.07, 6.45) is 0. The first-order chi connectivity index (χ1) is 14.8. The molecule has 2 aromatic carbocycles. The fraction of sp³-hybridized carbons (Fsp3) is 0.0952. The van der Waals surface area contributed by atoms with E-state index < -0.39 is 30.1 Å². The van der Waals surface area contributed by atoms with Crippen LogP contribution in [0.3, 0.4) is 0 Å². The van der Waals surface area contributed by atoms with Crippen LogP contribution in [-0.4, -0.2) is 28.3 Å². The molecule has 158 valence electrons. The molecule has 0 saturated heterocycles. The van der Waals surface area contributed by atoms with Gasteiger partial charge in [-0.25, -0.2) is 22.6 Å². The molecule has 2 aromatic heterocycles. The lowest BCUT2D eigenvalue weighted by Crippen LogP contribution is -2.20. The number of nitrogens with one attached hydrogen (secondary N) is 1. The molecule has 0 fully saturated rings. The number of halogens is 3. The van der Waals surface area contributed by atoms with E-state index in [0.717, 1.165) is 28.9 Å². The number of anilines is 1. The zero-order valence-electron chi connectivity index (χ0n) is 16.0. The van der Waals surface area contributed by atoms with Crippen LogP contribution in [0.15, 0.2) is 48.5 Å². The van der Waals surface area contributed by atoms with Gasteiger partial charge in [-0.1, -0.05) is 0 Å². The Kier molecular flexibility index (Phi) is 5.47. The molecule has 10 heteroatoms. The van der Waals surface area contributed by atoms with Crippen LogP contribution in [0.2, 0.25) is 0 Å². The highest BCUT2D eigenvalue weighted by atomic mass is 32.1. The number of nitrogens with zero attached hydrogens (tertiary/aromatic N) is 2. The Hall–Kier alpha value is -3.66. The van der Waals surface area contributed by atoms with Gasteiger partial charge in [-0.15, -0.1) is 11.3 Å². The molecule has 0 radical (unpaired) electrons. The molecular formula is C21H14F3N3O3S. The Bertz CT molecular complexity index is 1300. The molecule has 0 saturated carbocycles. The number of aromatic nitrogens is 2. The normalized spacial score (nSPS) is 11.0. The molecule has 0 aliphatic rings. The molecule has 0 unspecified atom stereocenters. The summed E-state index contributed by atoms with van der Waals surface area (Å²) in [6.45, 7) is 1.18. The van der Waals surface area contributed by atoms with Crippen LogP contribution >= 0.6 is 11.3 Å². The van der Waals surface area contributed by atoms with Crippen molar-refractivity contribution in [2.24, 2.45) is 0 Å². The third kappa shape index (κ3) is 4.29. The summed E-state index contributed by atoms with van der Waals surface area (Å²) < 4.78 is 46.0. The molecule has 2 heterocycles. The lowest BCUT2D eigenvalue weighted by atomic mass is 10.3. The summed E-state index contributed by atoms with van der Waals surface area (Å²) in [5.74, 6) is -3.93. The van der Waals surface area contributed by atoms with Gasteiger partial charge in [0.25, 0.3) is 5.91 Å². The quantitative estimate of drug-likeness (QED) is 0.456. The second kappa shape index (κ2) is 8.23. The average Bonchev–Trinajstić information content (AvgIpc) is 3.30. The number of aryl methyl sites for hydroxylation is 1. The van der Waals surface area contributed by atoms with Crippen molar-refractivity contribution in [2.45, 2.75) is 6.92 Å². The van der Waals surface area contributed by atoms with Gasteiger partial charge >= 0.3 is 5.97 Å². The van der Waals surface area contributed by atoms with Crippen LogP contribution in [0.4, 0.5) is 18.9 Å². The molecule has 0 aliphatic heterocycles. The van der Waals surface area contributed by atoms with E-state index in [2.05, 4.69) is 10.4 Å². The molecule has 0 atom stereocenters. The number of carbonyl (C=O) groups is 2. The van der Waals surface area contributed by atoms with Gasteiger partial charge in [0.15, 0.2) is 18.2 Å². The van der Waals surface area contributed by atoms with E-state index >= 15 is 0 Å². The third-order valence-corrected chi connectivity index (χ3v) is 5.45. The molecule has 0 aliphatic carbocycles. The van der Waals surface area contributed by atoms with Gasteiger partial charge in [0.2, 0.25) is 0 Å². The van der Waals surface area contributed by atoms with Crippen molar-refractivity contribution in [3.8, 4) is 5.69 Å². The summed E-state index contributed by atoms with van der Waals surface area (Å²) in [7, 11) is 0. The second-order valence-corrected chi connectivity index (χ2v) is 7.59. The maximum atomic E-state index is 13.2. The van der Waals surface area contributed by atoms with Crippen LogP contribution in [0.1, 0.15) is 15.4 Å². The largest absolute Gasteiger partial charge is 0.451 e. The van der Waals surface area contributed by atoms with Crippen molar-refractivity contribution >= 4 is 39.1 Å². The van der Waals surface area contributed by atoms with E-state index in [1.54, 1.807) is 29.8 Å². The van der Waals surface area contributed by atoms with Gasteiger partial charge in [0.05, 0.1) is 11.4 Å². The minimum atomic E-state index is -1.11. The van der Waals surface area contributed by atoms with E-state index in [-0.39, 0.29) is 16.4 Å². The number of carbonyl (C=O) groups excluding carboxylic acids is 2. The molecular weight excluding hydrogens is 431 g/mol. The van der Waals surface area contributed by atoms with E-state index in [4.69, 9.17) is 4.74 Å². The SMILES string of the molecule is Cc1nn(-c2ccc(F)cc2)c2sc(C(=O)OCC(=O)Nc3ccc(F)c(F)c3)cc12. The Morgan fingerprint density at radius 1 is 1.06 bits per heavy atom. The predicted octanol–water partition coefficient (Wildman–Crippen LogP) is 4.61. The summed E-state index contributed by atoms with van der Waals surface area (Å²) >= 11 is 1.12. The van der Waals surface area contributed by atoms with Crippen molar-refractivity contribution in [3.05, 3.63) is 76.6 Å². The highest BCUT2D eigenvalue weighted by Gasteiger charge is 2.19. The van der Waals surface area contributed by atoms with E-state index in [0.29, 0.717) is 16.2 Å². The smallest absolute Gasteiger partial charge is 0.348 e. The van der Waals surface area contributed by atoms with Crippen LogP contribution in [0.5, 0.6) is 0 Å². The highest BCUT2D eigenvalue weighted by Crippen LogP contribution is 2.30. The number of ether oxygens (including phenoxy) is 1. The van der Waals surface area contributed by atoms with Crippen molar-refractivity contribution in [1.82, 2.24) is 9.78 Å². The zero-order valence-corrected chi connectivity index (χ0v) is 16.8. The van der Waals surface area contributed by atoms with E-state index in [9.17, 15) is 22.8 Å². The van der Waals surface area contributed by atoms with Crippen molar-refractivity contribution in [3.63, 3.8) is 0 Å². The Morgan fingerprint density at radius 3 is 2.52 bits per heavy atom. The van der Waals surface area contributed by atoms with Crippen LogP contribution in [0.25, 0.3) is 15.9 Å². The second-order valence-electron chi connectivity index (χ2n) is 6.56. The number of rotatable bonds is 5. The van der Waals surface area contributed by atoms with Crippen LogP contribution in [-0.2, 0) is 9.53 Å². The fourth-order valence-electron chi connectivity index (χ4n) is 2.88. The van der Waals surface area contributed by atoms with Crippen molar-refractivity contribution in [1.29, 1.82) is 0 Å². The van der Waals surface area contributed by atoms with E-state index in [1.807, 2.05) is 0 Å². The molecule has 4 rings (SSSR count). The lowest BCUT2D eigenvalue weighted by Gasteiger charge is -2.06. The van der Waals surface area contributed by atoms with Gasteiger partial charge in [-0.3, -0.25) is 4.79 Å². The summed E-state index contributed by atoms with van der Waals surface area (Å²) in [4.78, 5) is 25.3. The molecule has 31 heavy (non-hydrogen) atoms. The standard InChI is InChI=1S/C21H14F3N3O3S/c1-11-15-9-18(31-20(15)27(26-11)14-5-2-12(22)3-6-14)21(29)30-10-19(28)25-13-4-7-16(23)17(24)8-13/h2-9H,10H2,1H3,(H,25,28). The first kappa shape index (κ1) is 20.6. The average molecular weight is 445 g/mol. The lowest BCUT2D eigenvalue weighted by molar-refractivity contribution is -0.119. The zero-order chi connectivity index (χ0) is 22.1. The maximum absolute atomic E-state index is 13.2. The number of fused-ring (bicyclic) bond motifs is 1. The topological polar surface area (TPSA) is 73.2 Å². The number of esters is 1. The summed E-state index contributed by atoms with van der Waals surface area (Å²) in [5, 5.41) is 7.46. The summed E-state index contributed by atoms with van der Waals surface area (Å²) in [5.41, 5.74) is 1.34. The molecule has 4 aromatic rings. The Labute approximate surface area is 177 Å². The first-order valence-electron chi connectivity index (χ1n) is 8.99. The predicted molar refractivity (Wildman–Crippen MR) is 109 cm³/mol. The van der Waals surface area contributed by atoms with Crippen molar-refractivity contribution in [2.75, 3.05) is 11.9 Å². The number of hydrogen-bond donors (Lipinski definition) is 1. The maximum Gasteiger partial charge on any atom is 0.348 e. The van der Waals surface area contributed by atoms with Crippen LogP contribution in [0, 0.1) is 24.4 Å². The molecule has 1 amide bonds. The Morgan fingerprint density at radius 2 is 1.81 bits per heavy atom. The fourth-order valence-corrected chi connectivity index (χ4v) is 3.95. The monoisotopic (exact) mass is 445 g/mol. The molecule has 0 bridgehead atoms. The van der Waals surface area contributed by atoms with Gasteiger partial charge in [-0.2, -0.15) is 5.10 Å². The number of hydrogen-bond acceptors (Lipinski definition) is 5. The van der Waals surface area contributed by atoms with Crippen molar-refractivity contribution < 1.29 is 27.5 Å². The molecule has 6 nitrogen and oxygen atoms in total. The number of benzene rings is 2. The van der Waals surface area contributed by atoms with E-state index in [1.165, 1.54) is 18.2 Å². The number of amides is 1. The molecule has 1 N–H and O–H groups in total. The number of thiophene rings is 1. The van der Waals surface area contributed by atoms with Crippen LogP contribution < -0.4 is 5.32 Å².